The van der Waals surface area contributed by atoms with Crippen molar-refractivity contribution in [3.05, 3.63) is 59.9 Å². The molecule has 1 heterocycles. The van der Waals surface area contributed by atoms with Crippen molar-refractivity contribution in [3.8, 4) is 0 Å². The van der Waals surface area contributed by atoms with Crippen LogP contribution >= 0.6 is 0 Å². The largest absolute Gasteiger partial charge is 0.451 e. The molecule has 1 atom stereocenters. The summed E-state index contributed by atoms with van der Waals surface area (Å²) in [5.41, 5.74) is 1.67. The maximum Gasteiger partial charge on any atom is 0.355 e. The van der Waals surface area contributed by atoms with Gasteiger partial charge in [-0.1, -0.05) is 30.3 Å². The van der Waals surface area contributed by atoms with Gasteiger partial charge in [-0.25, -0.2) is 4.79 Å². The van der Waals surface area contributed by atoms with Gasteiger partial charge in [0.25, 0.3) is 5.91 Å². The quantitative estimate of drug-likeness (QED) is 0.798. The highest BCUT2D eigenvalue weighted by atomic mass is 16.5. The molecular formula is C18H22N2O3. The normalized spacial score (nSPS) is 11.7. The number of aromatic nitrogens is 1. The minimum Gasteiger partial charge on any atom is -0.451 e. The highest BCUT2D eigenvalue weighted by molar-refractivity contribution is 5.89. The van der Waals surface area contributed by atoms with Crippen LogP contribution < -0.4 is 5.32 Å². The van der Waals surface area contributed by atoms with E-state index < -0.39 is 5.97 Å². The Morgan fingerprint density at radius 2 is 1.91 bits per heavy atom. The zero-order chi connectivity index (χ0) is 16.7. The van der Waals surface area contributed by atoms with Crippen LogP contribution in [0.15, 0.2) is 48.7 Å². The van der Waals surface area contributed by atoms with E-state index in [0.717, 1.165) is 12.8 Å². The van der Waals surface area contributed by atoms with Crippen LogP contribution in [0.5, 0.6) is 0 Å². The monoisotopic (exact) mass is 314 g/mol. The van der Waals surface area contributed by atoms with Gasteiger partial charge >= 0.3 is 5.97 Å². The number of rotatable bonds is 7. The molecule has 1 amide bonds. The van der Waals surface area contributed by atoms with Crippen LogP contribution in [-0.2, 0) is 23.0 Å². The molecular weight excluding hydrogens is 292 g/mol. The molecule has 0 unspecified atom stereocenters. The van der Waals surface area contributed by atoms with E-state index in [-0.39, 0.29) is 18.6 Å². The van der Waals surface area contributed by atoms with Crippen molar-refractivity contribution in [2.24, 2.45) is 7.05 Å². The number of esters is 1. The van der Waals surface area contributed by atoms with Crippen molar-refractivity contribution >= 4 is 11.9 Å². The molecule has 1 aromatic heterocycles. The van der Waals surface area contributed by atoms with E-state index in [1.807, 2.05) is 25.1 Å². The number of benzene rings is 1. The summed E-state index contributed by atoms with van der Waals surface area (Å²) in [6, 6.07) is 13.5. The van der Waals surface area contributed by atoms with Gasteiger partial charge in [-0.2, -0.15) is 0 Å². The Morgan fingerprint density at radius 1 is 1.17 bits per heavy atom. The minimum absolute atomic E-state index is 0.0245. The van der Waals surface area contributed by atoms with Gasteiger partial charge in [-0.15, -0.1) is 0 Å². The fraction of sp³-hybridized carbons (Fsp3) is 0.333. The third kappa shape index (κ3) is 5.29. The molecule has 1 N–H and O–H groups in total. The minimum atomic E-state index is -0.496. The third-order valence-electron chi connectivity index (χ3n) is 3.60. The van der Waals surface area contributed by atoms with E-state index in [9.17, 15) is 9.59 Å². The molecule has 2 aromatic rings. The maximum atomic E-state index is 11.8. The number of nitrogens with one attached hydrogen (secondary N) is 1. The second-order valence-corrected chi connectivity index (χ2v) is 5.57. The van der Waals surface area contributed by atoms with Crippen LogP contribution in [0.2, 0.25) is 0 Å². The molecule has 0 spiro atoms. The Labute approximate surface area is 136 Å². The van der Waals surface area contributed by atoms with E-state index >= 15 is 0 Å². The predicted molar refractivity (Wildman–Crippen MR) is 88.1 cm³/mol. The SMILES string of the molecule is C[C@@H](CCc1ccccc1)NC(=O)COC(=O)c1cccn1C. The summed E-state index contributed by atoms with van der Waals surface area (Å²) in [7, 11) is 1.75. The number of ether oxygens (including phenoxy) is 1. The summed E-state index contributed by atoms with van der Waals surface area (Å²) < 4.78 is 6.68. The zero-order valence-corrected chi connectivity index (χ0v) is 13.5. The number of nitrogens with zero attached hydrogens (tertiary/aromatic N) is 1. The number of hydrogen-bond donors (Lipinski definition) is 1. The highest BCUT2D eigenvalue weighted by Crippen LogP contribution is 2.05. The summed E-state index contributed by atoms with van der Waals surface area (Å²) in [5, 5.41) is 2.84. The lowest BCUT2D eigenvalue weighted by atomic mass is 10.1. The average Bonchev–Trinajstić information content (AvgIpc) is 2.98. The second kappa shape index (κ2) is 8.17. The number of hydrogen-bond acceptors (Lipinski definition) is 3. The van der Waals surface area contributed by atoms with Crippen LogP contribution in [0, 0.1) is 0 Å². The fourth-order valence-corrected chi connectivity index (χ4v) is 2.29. The second-order valence-electron chi connectivity index (χ2n) is 5.57. The molecule has 5 nitrogen and oxygen atoms in total. The first-order chi connectivity index (χ1) is 11.1. The lowest BCUT2D eigenvalue weighted by molar-refractivity contribution is -0.124. The summed E-state index contributed by atoms with van der Waals surface area (Å²) in [4.78, 5) is 23.6. The van der Waals surface area contributed by atoms with Crippen LogP contribution in [0.25, 0.3) is 0 Å². The van der Waals surface area contributed by atoms with Gasteiger partial charge in [0.2, 0.25) is 0 Å². The number of carbonyl (C=O) groups excluding carboxylic acids is 2. The first kappa shape index (κ1) is 16.8. The molecule has 1 aromatic carbocycles. The molecule has 122 valence electrons. The molecule has 23 heavy (non-hydrogen) atoms. The third-order valence-corrected chi connectivity index (χ3v) is 3.60. The molecule has 0 bridgehead atoms. The Morgan fingerprint density at radius 3 is 2.57 bits per heavy atom. The molecule has 0 fully saturated rings. The first-order valence-electron chi connectivity index (χ1n) is 7.68. The van der Waals surface area contributed by atoms with E-state index in [2.05, 4.69) is 17.4 Å². The van der Waals surface area contributed by atoms with Crippen molar-refractivity contribution < 1.29 is 14.3 Å². The van der Waals surface area contributed by atoms with Gasteiger partial charge in [-0.3, -0.25) is 4.79 Å². The molecule has 5 heteroatoms. The van der Waals surface area contributed by atoms with Crippen molar-refractivity contribution in [3.63, 3.8) is 0 Å². The predicted octanol–water partition coefficient (Wildman–Crippen LogP) is 2.32. The van der Waals surface area contributed by atoms with Gasteiger partial charge in [0.1, 0.15) is 5.69 Å². The Kier molecular flexibility index (Phi) is 5.97. The van der Waals surface area contributed by atoms with Crippen molar-refractivity contribution in [1.29, 1.82) is 0 Å². The van der Waals surface area contributed by atoms with Crippen LogP contribution in [0.4, 0.5) is 0 Å². The Hall–Kier alpha value is -2.56. The van der Waals surface area contributed by atoms with Gasteiger partial charge < -0.3 is 14.6 Å². The molecule has 0 aliphatic heterocycles. The van der Waals surface area contributed by atoms with Gasteiger partial charge in [0.05, 0.1) is 0 Å². The van der Waals surface area contributed by atoms with Crippen LogP contribution in [-0.4, -0.2) is 29.1 Å². The van der Waals surface area contributed by atoms with Crippen LogP contribution in [0.1, 0.15) is 29.4 Å². The Bertz CT molecular complexity index is 649. The summed E-state index contributed by atoms with van der Waals surface area (Å²) in [6.45, 7) is 1.68. The van der Waals surface area contributed by atoms with Gasteiger partial charge in [-0.05, 0) is 37.5 Å². The van der Waals surface area contributed by atoms with Crippen LogP contribution in [0.3, 0.4) is 0 Å². The standard InChI is InChI=1S/C18H22N2O3/c1-14(10-11-15-7-4-3-5-8-15)19-17(21)13-23-18(22)16-9-6-12-20(16)2/h3-9,12,14H,10-11,13H2,1-2H3,(H,19,21)/t14-/m0/s1. The van der Waals surface area contributed by atoms with E-state index in [4.69, 9.17) is 4.74 Å². The molecule has 0 radical (unpaired) electrons. The topological polar surface area (TPSA) is 60.3 Å². The van der Waals surface area contributed by atoms with E-state index in [1.165, 1.54) is 5.56 Å². The van der Waals surface area contributed by atoms with Gasteiger partial charge in [0.15, 0.2) is 6.61 Å². The number of carbonyl (C=O) groups is 2. The molecule has 0 aliphatic carbocycles. The van der Waals surface area contributed by atoms with Gasteiger partial charge in [0, 0.05) is 19.3 Å². The highest BCUT2D eigenvalue weighted by Gasteiger charge is 2.14. The van der Waals surface area contributed by atoms with Crippen molar-refractivity contribution in [2.75, 3.05) is 6.61 Å². The maximum absolute atomic E-state index is 11.8. The van der Waals surface area contributed by atoms with Crippen molar-refractivity contribution in [2.45, 2.75) is 25.8 Å². The molecule has 0 saturated carbocycles. The summed E-state index contributed by atoms with van der Waals surface area (Å²) in [5.74, 6) is -0.780. The Balaban J connectivity index is 1.70. The molecule has 2 rings (SSSR count). The molecule has 0 saturated heterocycles. The number of amides is 1. The lowest BCUT2D eigenvalue weighted by Gasteiger charge is -2.14. The van der Waals surface area contributed by atoms with Crippen molar-refractivity contribution in [1.82, 2.24) is 9.88 Å². The average molecular weight is 314 g/mol. The fourth-order valence-electron chi connectivity index (χ4n) is 2.29. The zero-order valence-electron chi connectivity index (χ0n) is 13.5. The van der Waals surface area contributed by atoms with E-state index in [0.29, 0.717) is 5.69 Å². The number of aryl methyl sites for hydroxylation is 2. The lowest BCUT2D eigenvalue weighted by Crippen LogP contribution is -2.36. The first-order valence-corrected chi connectivity index (χ1v) is 7.68. The summed E-state index contributed by atoms with van der Waals surface area (Å²) in [6.07, 6.45) is 3.48. The summed E-state index contributed by atoms with van der Waals surface area (Å²) >= 11 is 0. The van der Waals surface area contributed by atoms with E-state index in [1.54, 1.807) is 29.9 Å². The smallest absolute Gasteiger partial charge is 0.355 e. The molecule has 0 aliphatic rings.